The van der Waals surface area contributed by atoms with Gasteiger partial charge in [0.2, 0.25) is 0 Å². The van der Waals surface area contributed by atoms with Crippen LogP contribution in [0, 0.1) is 5.92 Å². The number of nitrogens with one attached hydrogen (secondary N) is 1. The molecule has 2 aliphatic rings. The molecule has 3 aromatic rings. The van der Waals surface area contributed by atoms with E-state index in [9.17, 15) is 9.90 Å². The Hall–Kier alpha value is -2.37. The molecule has 1 saturated heterocycles. The van der Waals surface area contributed by atoms with Gasteiger partial charge in [0.15, 0.2) is 0 Å². The Morgan fingerprint density at radius 3 is 2.96 bits per heavy atom. The molecule has 1 aromatic carbocycles. The molecule has 2 bridgehead atoms. The number of H-pyrrole nitrogens is 1. The minimum absolute atomic E-state index is 0.0156. The summed E-state index contributed by atoms with van der Waals surface area (Å²) >= 11 is 0. The van der Waals surface area contributed by atoms with Crippen molar-refractivity contribution in [3.8, 4) is 0 Å². The summed E-state index contributed by atoms with van der Waals surface area (Å²) < 4.78 is 1.85. The highest BCUT2D eigenvalue weighted by molar-refractivity contribution is 5.79. The molecule has 3 atom stereocenters. The van der Waals surface area contributed by atoms with Crippen LogP contribution in [0.2, 0.25) is 0 Å². The lowest BCUT2D eigenvalue weighted by Gasteiger charge is -2.46. The number of benzene rings is 1. The van der Waals surface area contributed by atoms with Crippen molar-refractivity contribution in [1.82, 2.24) is 14.5 Å². The first-order valence-corrected chi connectivity index (χ1v) is 9.33. The molecule has 4 heterocycles. The van der Waals surface area contributed by atoms with Crippen molar-refractivity contribution in [1.29, 1.82) is 0 Å². The minimum Gasteiger partial charge on any atom is -0.394 e. The third kappa shape index (κ3) is 2.50. The monoisotopic (exact) mass is 349 g/mol. The third-order valence-corrected chi connectivity index (χ3v) is 6.09. The number of nitrogens with zero attached hydrogens (tertiary/aromatic N) is 2. The highest BCUT2D eigenvalue weighted by Crippen LogP contribution is 2.41. The van der Waals surface area contributed by atoms with Crippen LogP contribution in [0.5, 0.6) is 0 Å². The van der Waals surface area contributed by atoms with E-state index < -0.39 is 0 Å². The number of rotatable bonds is 3. The molecule has 2 aliphatic heterocycles. The smallest absolute Gasteiger partial charge is 0.251 e. The van der Waals surface area contributed by atoms with Gasteiger partial charge in [-0.25, -0.2) is 0 Å². The summed E-state index contributed by atoms with van der Waals surface area (Å²) in [6.45, 7) is 2.81. The largest absolute Gasteiger partial charge is 0.394 e. The Labute approximate surface area is 151 Å². The van der Waals surface area contributed by atoms with Crippen LogP contribution in [0.15, 0.2) is 53.5 Å². The number of hydrogen-bond donors (Lipinski definition) is 2. The molecular formula is C21H23N3O2. The predicted octanol–water partition coefficient (Wildman–Crippen LogP) is 2.48. The predicted molar refractivity (Wildman–Crippen MR) is 101 cm³/mol. The third-order valence-electron chi connectivity index (χ3n) is 6.09. The Morgan fingerprint density at radius 2 is 2.08 bits per heavy atom. The molecule has 0 spiro atoms. The van der Waals surface area contributed by atoms with E-state index in [1.165, 1.54) is 16.5 Å². The number of aromatic nitrogens is 2. The van der Waals surface area contributed by atoms with Crippen molar-refractivity contribution in [3.05, 3.63) is 70.3 Å². The van der Waals surface area contributed by atoms with Crippen molar-refractivity contribution < 1.29 is 5.11 Å². The fraction of sp³-hybridized carbons (Fsp3) is 0.381. The lowest BCUT2D eigenvalue weighted by molar-refractivity contribution is 0.0581. The van der Waals surface area contributed by atoms with E-state index in [0.717, 1.165) is 31.7 Å². The normalized spacial score (nSPS) is 25.3. The van der Waals surface area contributed by atoms with Gasteiger partial charge >= 0.3 is 0 Å². The quantitative estimate of drug-likeness (QED) is 0.764. The van der Waals surface area contributed by atoms with Crippen LogP contribution in [-0.4, -0.2) is 39.3 Å². The highest BCUT2D eigenvalue weighted by atomic mass is 16.3. The Bertz CT molecular complexity index is 1010. The summed E-state index contributed by atoms with van der Waals surface area (Å²) in [5.74, 6) is 0.681. The Balaban J connectivity index is 1.45. The minimum atomic E-state index is -0.108. The molecule has 5 rings (SSSR count). The summed E-state index contributed by atoms with van der Waals surface area (Å²) in [4.78, 5) is 18.1. The molecule has 5 heteroatoms. The van der Waals surface area contributed by atoms with Crippen molar-refractivity contribution in [2.75, 3.05) is 19.7 Å². The molecule has 2 aromatic heterocycles. The van der Waals surface area contributed by atoms with Gasteiger partial charge in [0.05, 0.1) is 12.6 Å². The summed E-state index contributed by atoms with van der Waals surface area (Å²) in [5, 5.41) is 11.2. The van der Waals surface area contributed by atoms with E-state index in [4.69, 9.17) is 0 Å². The fourth-order valence-electron chi connectivity index (χ4n) is 4.95. The van der Waals surface area contributed by atoms with E-state index in [0.29, 0.717) is 11.8 Å². The molecule has 5 nitrogen and oxygen atoms in total. The first-order chi connectivity index (χ1) is 12.7. The number of likely N-dealkylation sites (tertiary alicyclic amines) is 1. The number of aromatic amines is 1. The number of aliphatic hydroxyl groups excluding tert-OH is 1. The van der Waals surface area contributed by atoms with Gasteiger partial charge in [-0.1, -0.05) is 18.2 Å². The van der Waals surface area contributed by atoms with Crippen molar-refractivity contribution in [2.24, 2.45) is 5.92 Å². The number of aliphatic hydroxyl groups is 1. The van der Waals surface area contributed by atoms with E-state index in [1.807, 2.05) is 16.8 Å². The SMILES string of the molecule is O=c1cccc2n1[C@@H](CO)[C@H]1C[C@@H]2CN(Cc2ccc3cc[nH]c3c2)C1. The van der Waals surface area contributed by atoms with E-state index >= 15 is 0 Å². The standard InChI is InChI=1S/C21H23N3O2/c25-13-20-17-9-16(19-2-1-3-21(26)24(19)20)11-23(12-17)10-14-4-5-15-6-7-22-18(15)8-14/h1-8,16-17,20,22,25H,9-13H2/t16-,17+,20+/m1/s1. The second-order valence-electron chi connectivity index (χ2n) is 7.69. The van der Waals surface area contributed by atoms with E-state index in [-0.39, 0.29) is 18.2 Å². The summed E-state index contributed by atoms with van der Waals surface area (Å²) in [7, 11) is 0. The van der Waals surface area contributed by atoms with Crippen molar-refractivity contribution >= 4 is 10.9 Å². The van der Waals surface area contributed by atoms with Crippen molar-refractivity contribution in [2.45, 2.75) is 24.9 Å². The van der Waals surface area contributed by atoms with Crippen molar-refractivity contribution in [3.63, 3.8) is 0 Å². The molecule has 0 unspecified atom stereocenters. The van der Waals surface area contributed by atoms with Gasteiger partial charge in [0.25, 0.3) is 5.56 Å². The molecular weight excluding hydrogens is 326 g/mol. The van der Waals surface area contributed by atoms with E-state index in [2.05, 4.69) is 40.2 Å². The van der Waals surface area contributed by atoms with Gasteiger partial charge in [-0.05, 0) is 41.5 Å². The summed E-state index contributed by atoms with van der Waals surface area (Å²) in [5.41, 5.74) is 3.56. The molecule has 0 aliphatic carbocycles. The maximum atomic E-state index is 12.4. The lowest BCUT2D eigenvalue weighted by atomic mass is 9.78. The maximum Gasteiger partial charge on any atom is 0.251 e. The molecule has 134 valence electrons. The van der Waals surface area contributed by atoms with Crippen LogP contribution in [0.3, 0.4) is 0 Å². The van der Waals surface area contributed by atoms with Crippen LogP contribution in [0.25, 0.3) is 10.9 Å². The zero-order valence-corrected chi connectivity index (χ0v) is 14.6. The molecule has 1 fully saturated rings. The average molecular weight is 349 g/mol. The first kappa shape index (κ1) is 15.9. The molecule has 0 radical (unpaired) electrons. The second-order valence-corrected chi connectivity index (χ2v) is 7.69. The van der Waals surface area contributed by atoms with Crippen LogP contribution in [0.4, 0.5) is 0 Å². The van der Waals surface area contributed by atoms with Gasteiger partial charge in [-0.3, -0.25) is 9.69 Å². The zero-order chi connectivity index (χ0) is 17.7. The van der Waals surface area contributed by atoms with Gasteiger partial charge in [-0.15, -0.1) is 0 Å². The number of piperidine rings is 1. The van der Waals surface area contributed by atoms with Gasteiger partial charge in [0.1, 0.15) is 0 Å². The molecule has 26 heavy (non-hydrogen) atoms. The summed E-state index contributed by atoms with van der Waals surface area (Å²) in [6.07, 6.45) is 3.03. The second kappa shape index (κ2) is 6.11. The Kier molecular flexibility index (Phi) is 3.72. The topological polar surface area (TPSA) is 61.3 Å². The van der Waals surface area contributed by atoms with Crippen LogP contribution in [-0.2, 0) is 6.54 Å². The van der Waals surface area contributed by atoms with Crippen LogP contribution < -0.4 is 5.56 Å². The van der Waals surface area contributed by atoms with Crippen LogP contribution >= 0.6 is 0 Å². The first-order valence-electron chi connectivity index (χ1n) is 9.33. The van der Waals surface area contributed by atoms with Gasteiger partial charge < -0.3 is 14.7 Å². The number of fused-ring (bicyclic) bond motifs is 5. The number of hydrogen-bond acceptors (Lipinski definition) is 3. The summed E-state index contributed by atoms with van der Waals surface area (Å²) in [6, 6.07) is 14.1. The maximum absolute atomic E-state index is 12.4. The van der Waals surface area contributed by atoms with E-state index in [1.54, 1.807) is 6.07 Å². The van der Waals surface area contributed by atoms with Crippen LogP contribution in [0.1, 0.15) is 29.6 Å². The fourth-order valence-corrected chi connectivity index (χ4v) is 4.95. The zero-order valence-electron chi connectivity index (χ0n) is 14.6. The molecule has 0 amide bonds. The van der Waals surface area contributed by atoms with Gasteiger partial charge in [0, 0.05) is 49.0 Å². The van der Waals surface area contributed by atoms with Gasteiger partial charge in [-0.2, -0.15) is 0 Å². The Morgan fingerprint density at radius 1 is 1.15 bits per heavy atom. The highest BCUT2D eigenvalue weighted by Gasteiger charge is 2.40. The molecule has 0 saturated carbocycles. The lowest BCUT2D eigenvalue weighted by Crippen LogP contribution is -2.50. The molecule has 2 N–H and O–H groups in total. The average Bonchev–Trinajstić information content (AvgIpc) is 3.10. The number of pyridine rings is 1.